The van der Waals surface area contributed by atoms with Gasteiger partial charge in [-0.25, -0.2) is 4.79 Å². The van der Waals surface area contributed by atoms with Gasteiger partial charge in [0.25, 0.3) is 0 Å². The molecule has 0 aromatic carbocycles. The minimum absolute atomic E-state index is 0.00756. The quantitative estimate of drug-likeness (QED) is 0.113. The molecule has 3 saturated carbocycles. The number of fused-ring (bicyclic) bond motifs is 1. The summed E-state index contributed by atoms with van der Waals surface area (Å²) in [6.07, 6.45) is 14.8. The molecule has 0 aromatic rings. The Morgan fingerprint density at radius 2 is 1.49 bits per heavy atom. The van der Waals surface area contributed by atoms with Crippen LogP contribution in [-0.2, 0) is 18.4 Å². The Labute approximate surface area is 278 Å². The van der Waals surface area contributed by atoms with E-state index < -0.39 is 16.6 Å². The molecule has 3 aliphatic carbocycles. The summed E-state index contributed by atoms with van der Waals surface area (Å²) in [5.74, 6) is 1.63. The molecule has 1 saturated heterocycles. The molecule has 0 spiro atoms. The lowest BCUT2D eigenvalue weighted by atomic mass is 9.60. The van der Waals surface area contributed by atoms with Crippen molar-refractivity contribution in [3.8, 4) is 0 Å². The summed E-state index contributed by atoms with van der Waals surface area (Å²) >= 11 is 0. The fraction of sp³-hybridized carbons (Fsp3) is 0.769. The van der Waals surface area contributed by atoms with Crippen molar-refractivity contribution in [3.05, 3.63) is 47.6 Å². The molecule has 1 aliphatic heterocycles. The zero-order valence-corrected chi connectivity index (χ0v) is 33.0. The van der Waals surface area contributed by atoms with Gasteiger partial charge in [0.2, 0.25) is 0 Å². The van der Waals surface area contributed by atoms with Crippen LogP contribution in [0.2, 0.25) is 36.3 Å². The van der Waals surface area contributed by atoms with Gasteiger partial charge in [-0.15, -0.1) is 0 Å². The van der Waals surface area contributed by atoms with Crippen LogP contribution in [0.25, 0.3) is 0 Å². The monoisotopic (exact) mass is 654 g/mol. The normalized spacial score (nSPS) is 33.4. The first kappa shape index (κ1) is 36.6. The summed E-state index contributed by atoms with van der Waals surface area (Å²) in [5, 5.41) is 0.283. The highest BCUT2D eigenvalue weighted by atomic mass is 28.4. The van der Waals surface area contributed by atoms with Gasteiger partial charge in [-0.05, 0) is 116 Å². The third kappa shape index (κ3) is 7.76. The van der Waals surface area contributed by atoms with Gasteiger partial charge in [-0.1, -0.05) is 91.8 Å². The third-order valence-corrected chi connectivity index (χ3v) is 22.1. The van der Waals surface area contributed by atoms with E-state index in [0.717, 1.165) is 24.8 Å². The summed E-state index contributed by atoms with van der Waals surface area (Å²) in [6.45, 7) is 36.9. The molecule has 0 amide bonds. The molecule has 1 heterocycles. The maximum absolute atomic E-state index is 12.0. The Kier molecular flexibility index (Phi) is 10.6. The average molecular weight is 655 g/mol. The first-order valence-corrected chi connectivity index (χ1v) is 23.7. The van der Waals surface area contributed by atoms with E-state index in [0.29, 0.717) is 35.2 Å². The molecular weight excluding hydrogens is 589 g/mol. The fourth-order valence-electron chi connectivity index (χ4n) is 8.25. The van der Waals surface area contributed by atoms with Crippen LogP contribution in [0.4, 0.5) is 0 Å². The third-order valence-electron chi connectivity index (χ3n) is 13.1. The van der Waals surface area contributed by atoms with Crippen molar-refractivity contribution in [3.63, 3.8) is 0 Å². The number of ether oxygens (including phenoxy) is 1. The van der Waals surface area contributed by atoms with E-state index in [1.807, 2.05) is 0 Å². The lowest BCUT2D eigenvalue weighted by molar-refractivity contribution is -0.139. The second-order valence-corrected chi connectivity index (χ2v) is 27.9. The van der Waals surface area contributed by atoms with Crippen LogP contribution in [0.3, 0.4) is 0 Å². The topological polar surface area (TPSA) is 44.8 Å². The van der Waals surface area contributed by atoms with Gasteiger partial charge < -0.3 is 13.6 Å². The molecule has 0 bridgehead atoms. The molecule has 0 aromatic heterocycles. The van der Waals surface area contributed by atoms with Crippen LogP contribution in [0.1, 0.15) is 113 Å². The van der Waals surface area contributed by atoms with E-state index >= 15 is 0 Å². The highest BCUT2D eigenvalue weighted by Crippen LogP contribution is 2.60. The molecule has 7 atom stereocenters. The first-order chi connectivity index (χ1) is 20.6. The van der Waals surface area contributed by atoms with E-state index in [1.165, 1.54) is 37.7 Å². The van der Waals surface area contributed by atoms with Crippen molar-refractivity contribution in [2.75, 3.05) is 0 Å². The molecule has 2 unspecified atom stereocenters. The molecule has 0 radical (unpaired) electrons. The number of allylic oxidation sites excluding steroid dienone is 3. The van der Waals surface area contributed by atoms with Gasteiger partial charge in [0.1, 0.15) is 6.10 Å². The molecule has 4 nitrogen and oxygen atoms in total. The highest BCUT2D eigenvalue weighted by Gasteiger charge is 2.51. The van der Waals surface area contributed by atoms with Gasteiger partial charge in [0, 0.05) is 12.0 Å². The van der Waals surface area contributed by atoms with Gasteiger partial charge in [0.15, 0.2) is 16.6 Å². The minimum atomic E-state index is -1.99. The van der Waals surface area contributed by atoms with Gasteiger partial charge in [-0.3, -0.25) is 0 Å². The van der Waals surface area contributed by atoms with Crippen molar-refractivity contribution in [1.82, 2.24) is 0 Å². The standard InChI is InChI=1S/C39H66O4Si2/c1-26(22-31-23-27(2)36(40)41-31)32-19-20-33-30(16-15-21-39(32,33)10)18-17-29-24-34(42-44(11,12)37(4,5)6)28(3)35(25-29)43-45(13,14)38(7,8)9/h17-18,26,31-35H,2-3,15-16,19-25H2,1,4-14H3/t26-,31+,32?,33?,34-,35-,39-/m1/s1. The van der Waals surface area contributed by atoms with Crippen molar-refractivity contribution in [2.45, 2.75) is 168 Å². The lowest BCUT2D eigenvalue weighted by Crippen LogP contribution is -2.49. The predicted molar refractivity (Wildman–Crippen MR) is 194 cm³/mol. The zero-order valence-electron chi connectivity index (χ0n) is 31.0. The number of carbonyl (C=O) groups excluding carboxylic acids is 1. The Bertz CT molecular complexity index is 1150. The van der Waals surface area contributed by atoms with Crippen LogP contribution >= 0.6 is 0 Å². The van der Waals surface area contributed by atoms with Crippen molar-refractivity contribution in [2.24, 2.45) is 23.2 Å². The van der Waals surface area contributed by atoms with Gasteiger partial charge in [0.05, 0.1) is 12.2 Å². The Balaban J connectivity index is 1.56. The van der Waals surface area contributed by atoms with E-state index in [9.17, 15) is 4.79 Å². The predicted octanol–water partition coefficient (Wildman–Crippen LogP) is 11.1. The van der Waals surface area contributed by atoms with Crippen molar-refractivity contribution < 1.29 is 18.4 Å². The number of hydrogen-bond acceptors (Lipinski definition) is 4. The van der Waals surface area contributed by atoms with Crippen molar-refractivity contribution in [1.29, 1.82) is 0 Å². The molecule has 4 aliphatic rings. The fourth-order valence-corrected chi connectivity index (χ4v) is 10.8. The van der Waals surface area contributed by atoms with E-state index in [-0.39, 0.29) is 34.4 Å². The molecule has 45 heavy (non-hydrogen) atoms. The molecular formula is C39H66O4Si2. The number of cyclic esters (lactones) is 1. The second kappa shape index (κ2) is 13.0. The Morgan fingerprint density at radius 3 is 1.98 bits per heavy atom. The van der Waals surface area contributed by atoms with Crippen LogP contribution in [-0.4, -0.2) is 40.9 Å². The summed E-state index contributed by atoms with van der Waals surface area (Å²) in [5.41, 5.74) is 5.17. The largest absolute Gasteiger partial charge is 0.459 e. The second-order valence-electron chi connectivity index (χ2n) is 18.4. The van der Waals surface area contributed by atoms with Crippen LogP contribution in [0.5, 0.6) is 0 Å². The zero-order chi connectivity index (χ0) is 33.8. The molecule has 6 heteroatoms. The Morgan fingerprint density at radius 1 is 0.933 bits per heavy atom. The minimum Gasteiger partial charge on any atom is -0.459 e. The molecule has 4 fully saturated rings. The molecule has 4 rings (SSSR count). The van der Waals surface area contributed by atoms with E-state index in [4.69, 9.17) is 13.6 Å². The maximum Gasteiger partial charge on any atom is 0.333 e. The molecule has 0 N–H and O–H groups in total. The number of rotatable bonds is 8. The Hall–Kier alpha value is -1.22. The van der Waals surface area contributed by atoms with E-state index in [1.54, 1.807) is 5.57 Å². The molecule has 254 valence electrons. The van der Waals surface area contributed by atoms with Crippen LogP contribution in [0.15, 0.2) is 47.6 Å². The van der Waals surface area contributed by atoms with Crippen molar-refractivity contribution >= 4 is 22.6 Å². The SMILES string of the molecule is C=C1C[C@H](C[C@@H](C)C2CCC3C(=CC=C4C[C@@H](O[Si](C)(C)C(C)(C)C)C(=C)[C@H](O[Si](C)(C)C(C)(C)C)C4)CCC[C@@]32C)OC1=O. The first-order valence-electron chi connectivity index (χ1n) is 17.9. The van der Waals surface area contributed by atoms with Crippen LogP contribution in [0, 0.1) is 23.2 Å². The summed E-state index contributed by atoms with van der Waals surface area (Å²) < 4.78 is 19.8. The highest BCUT2D eigenvalue weighted by molar-refractivity contribution is 6.74. The number of hydrogen-bond donors (Lipinski definition) is 0. The van der Waals surface area contributed by atoms with E-state index in [2.05, 4.69) is 107 Å². The van der Waals surface area contributed by atoms with Gasteiger partial charge in [-0.2, -0.15) is 0 Å². The number of carbonyl (C=O) groups is 1. The van der Waals surface area contributed by atoms with Crippen LogP contribution < -0.4 is 0 Å². The maximum atomic E-state index is 12.0. The summed E-state index contributed by atoms with van der Waals surface area (Å²) in [7, 11) is -3.98. The smallest absolute Gasteiger partial charge is 0.333 e. The summed E-state index contributed by atoms with van der Waals surface area (Å²) in [6, 6.07) is 0. The lowest BCUT2D eigenvalue weighted by Gasteiger charge is -2.46. The number of esters is 1. The average Bonchev–Trinajstić information content (AvgIpc) is 3.41. The van der Waals surface area contributed by atoms with Gasteiger partial charge >= 0.3 is 5.97 Å². The summed E-state index contributed by atoms with van der Waals surface area (Å²) in [4.78, 5) is 12.0.